The van der Waals surface area contributed by atoms with Crippen LogP contribution in [0.5, 0.6) is 0 Å². The molecule has 4 rings (SSSR count). The van der Waals surface area contributed by atoms with Gasteiger partial charge in [0.1, 0.15) is 0 Å². The molecule has 1 aromatic carbocycles. The molecule has 200 valence electrons. The number of likely N-dealkylation sites (tertiary alicyclic amines) is 1. The van der Waals surface area contributed by atoms with Crippen LogP contribution in [-0.4, -0.2) is 54.2 Å². The number of halogens is 3. The number of allylic oxidation sites excluding steroid dienone is 2. The topological polar surface area (TPSA) is 68.4 Å². The second-order valence-electron chi connectivity index (χ2n) is 9.89. The summed E-state index contributed by atoms with van der Waals surface area (Å²) in [6.45, 7) is 4.64. The van der Waals surface area contributed by atoms with Gasteiger partial charge in [-0.3, -0.25) is 14.5 Å². The van der Waals surface area contributed by atoms with Crippen molar-refractivity contribution in [1.82, 2.24) is 15.2 Å². The molecule has 1 fully saturated rings. The summed E-state index contributed by atoms with van der Waals surface area (Å²) in [5, 5.41) is 2.95. The molecule has 37 heavy (non-hydrogen) atoms. The number of piperidine rings is 1. The fourth-order valence-electron chi connectivity index (χ4n) is 5.56. The molecule has 2 aromatic rings. The zero-order valence-electron chi connectivity index (χ0n) is 21.5. The molecule has 0 unspecified atom stereocenters. The standard InChI is InChI=1S/C28H35F3N4O2/c1-3-35(21-12-14-34(15-13-21)18-28(29,30)31)25-11-7-10-23-22(25)9-6-4-5-8-20-16-19(2)33-27(37)24(20)17-32-26(23)36/h4,6-7,10-11,16,21H,3,5,8-9,12-15,17-18H2,1-2H3,(H,32,36)(H,33,37)/b6-4-. The van der Waals surface area contributed by atoms with Crippen LogP contribution < -0.4 is 15.8 Å². The second kappa shape index (κ2) is 11.5. The number of aromatic amines is 1. The molecule has 1 amide bonds. The van der Waals surface area contributed by atoms with Gasteiger partial charge < -0.3 is 15.2 Å². The number of amides is 1. The molecule has 1 aromatic heterocycles. The van der Waals surface area contributed by atoms with Crippen LogP contribution in [0.1, 0.15) is 58.9 Å². The molecular weight excluding hydrogens is 481 g/mol. The zero-order valence-corrected chi connectivity index (χ0v) is 21.5. The number of benzene rings is 1. The molecule has 9 heteroatoms. The highest BCUT2D eigenvalue weighted by atomic mass is 19.4. The van der Waals surface area contributed by atoms with Crippen molar-refractivity contribution in [2.75, 3.05) is 31.1 Å². The third kappa shape index (κ3) is 6.63. The summed E-state index contributed by atoms with van der Waals surface area (Å²) in [5.41, 5.74) is 4.53. The largest absolute Gasteiger partial charge is 0.401 e. The van der Waals surface area contributed by atoms with E-state index in [0.717, 1.165) is 28.9 Å². The molecule has 0 atom stereocenters. The minimum Gasteiger partial charge on any atom is -0.368 e. The fourth-order valence-corrected chi connectivity index (χ4v) is 5.56. The van der Waals surface area contributed by atoms with Gasteiger partial charge >= 0.3 is 6.18 Å². The summed E-state index contributed by atoms with van der Waals surface area (Å²) < 4.78 is 38.5. The van der Waals surface area contributed by atoms with Crippen LogP contribution in [0.2, 0.25) is 0 Å². The molecule has 2 aliphatic heterocycles. The number of rotatable bonds is 4. The molecule has 2 aliphatic rings. The van der Waals surface area contributed by atoms with Crippen LogP contribution in [0.25, 0.3) is 0 Å². The lowest BCUT2D eigenvalue weighted by atomic mass is 9.96. The average molecular weight is 517 g/mol. The van der Waals surface area contributed by atoms with Crippen molar-refractivity contribution >= 4 is 11.6 Å². The maximum Gasteiger partial charge on any atom is 0.401 e. The first-order valence-electron chi connectivity index (χ1n) is 13.0. The van der Waals surface area contributed by atoms with E-state index in [-0.39, 0.29) is 24.1 Å². The maximum atomic E-state index is 13.3. The van der Waals surface area contributed by atoms with E-state index >= 15 is 0 Å². The van der Waals surface area contributed by atoms with Gasteiger partial charge in [-0.25, -0.2) is 0 Å². The Morgan fingerprint density at radius 2 is 1.86 bits per heavy atom. The van der Waals surface area contributed by atoms with Crippen LogP contribution >= 0.6 is 0 Å². The summed E-state index contributed by atoms with van der Waals surface area (Å²) in [5.74, 6) is -0.243. The van der Waals surface area contributed by atoms with Gasteiger partial charge in [-0.1, -0.05) is 18.2 Å². The summed E-state index contributed by atoms with van der Waals surface area (Å²) in [4.78, 5) is 32.5. The van der Waals surface area contributed by atoms with Gasteiger partial charge in [-0.2, -0.15) is 13.2 Å². The molecule has 0 aliphatic carbocycles. The highest BCUT2D eigenvalue weighted by Gasteiger charge is 2.34. The molecule has 0 saturated carbocycles. The van der Waals surface area contributed by atoms with Crippen LogP contribution in [0.3, 0.4) is 0 Å². The third-order valence-electron chi connectivity index (χ3n) is 7.30. The van der Waals surface area contributed by atoms with Crippen molar-refractivity contribution in [2.24, 2.45) is 0 Å². The number of alkyl halides is 3. The number of pyridine rings is 1. The Balaban J connectivity index is 1.60. The monoisotopic (exact) mass is 516 g/mol. The SMILES string of the molecule is CCN(c1cccc2c1C/C=C\CCc1cc(C)[nH]c(=O)c1CNC2=O)C1CCN(CC(F)(F)F)CC1. The van der Waals surface area contributed by atoms with Gasteiger partial charge in [0, 0.05) is 54.7 Å². The maximum absolute atomic E-state index is 13.3. The van der Waals surface area contributed by atoms with E-state index in [9.17, 15) is 22.8 Å². The average Bonchev–Trinajstić information content (AvgIpc) is 2.83. The normalized spacial score (nSPS) is 18.7. The number of anilines is 1. The lowest BCUT2D eigenvalue weighted by molar-refractivity contribution is -0.147. The van der Waals surface area contributed by atoms with Gasteiger partial charge in [-0.05, 0) is 75.3 Å². The van der Waals surface area contributed by atoms with Crippen molar-refractivity contribution in [3.8, 4) is 0 Å². The Kier molecular flexibility index (Phi) is 8.42. The van der Waals surface area contributed by atoms with Crippen LogP contribution in [0.4, 0.5) is 18.9 Å². The van der Waals surface area contributed by atoms with Crippen LogP contribution in [0.15, 0.2) is 41.2 Å². The van der Waals surface area contributed by atoms with E-state index in [4.69, 9.17) is 0 Å². The number of carbonyl (C=O) groups excluding carboxylic acids is 1. The summed E-state index contributed by atoms with van der Waals surface area (Å²) in [6, 6.07) is 7.72. The van der Waals surface area contributed by atoms with Crippen molar-refractivity contribution < 1.29 is 18.0 Å². The lowest BCUT2D eigenvalue weighted by Gasteiger charge is -2.40. The summed E-state index contributed by atoms with van der Waals surface area (Å²) >= 11 is 0. The van der Waals surface area contributed by atoms with Crippen molar-refractivity contribution in [1.29, 1.82) is 0 Å². The quantitative estimate of drug-likeness (QED) is 0.587. The fraction of sp³-hybridized carbons (Fsp3) is 0.500. The Labute approximate surface area is 215 Å². The number of aromatic nitrogens is 1. The van der Waals surface area contributed by atoms with Crippen molar-refractivity contribution in [3.05, 3.63) is 74.7 Å². The minimum absolute atomic E-state index is 0.100. The number of fused-ring (bicyclic) bond motifs is 2. The number of hydrogen-bond acceptors (Lipinski definition) is 4. The Bertz CT molecular complexity index is 1200. The Morgan fingerprint density at radius 1 is 1.11 bits per heavy atom. The predicted molar refractivity (Wildman–Crippen MR) is 139 cm³/mol. The number of H-pyrrole nitrogens is 1. The number of aryl methyl sites for hydroxylation is 2. The smallest absolute Gasteiger partial charge is 0.368 e. The van der Waals surface area contributed by atoms with E-state index < -0.39 is 12.7 Å². The molecule has 6 nitrogen and oxygen atoms in total. The first-order valence-corrected chi connectivity index (χ1v) is 13.0. The van der Waals surface area contributed by atoms with E-state index in [1.165, 1.54) is 4.90 Å². The summed E-state index contributed by atoms with van der Waals surface area (Å²) in [7, 11) is 0. The lowest BCUT2D eigenvalue weighted by Crippen LogP contribution is -2.47. The van der Waals surface area contributed by atoms with Gasteiger partial charge in [0.25, 0.3) is 11.5 Å². The Hall–Kier alpha value is -3.07. The molecule has 3 heterocycles. The second-order valence-corrected chi connectivity index (χ2v) is 9.89. The number of hydrogen-bond donors (Lipinski definition) is 2. The molecule has 1 saturated heterocycles. The van der Waals surface area contributed by atoms with E-state index in [1.807, 2.05) is 32.0 Å². The van der Waals surface area contributed by atoms with Crippen LogP contribution in [-0.2, 0) is 19.4 Å². The molecular formula is C28H35F3N4O2. The summed E-state index contributed by atoms with van der Waals surface area (Å²) in [6.07, 6.45) is 3.29. The highest BCUT2D eigenvalue weighted by Crippen LogP contribution is 2.31. The number of nitrogens with one attached hydrogen (secondary N) is 2. The van der Waals surface area contributed by atoms with Crippen molar-refractivity contribution in [2.45, 2.75) is 64.7 Å². The van der Waals surface area contributed by atoms with E-state index in [1.54, 1.807) is 6.07 Å². The molecule has 2 N–H and O–H groups in total. The van der Waals surface area contributed by atoms with Gasteiger partial charge in [0.05, 0.1) is 6.54 Å². The minimum atomic E-state index is -4.19. The molecule has 0 bridgehead atoms. The third-order valence-corrected chi connectivity index (χ3v) is 7.30. The molecule has 0 radical (unpaired) electrons. The van der Waals surface area contributed by atoms with Gasteiger partial charge in [0.2, 0.25) is 0 Å². The first-order chi connectivity index (χ1) is 17.7. The van der Waals surface area contributed by atoms with Crippen molar-refractivity contribution in [3.63, 3.8) is 0 Å². The predicted octanol–water partition coefficient (Wildman–Crippen LogP) is 4.51. The van der Waals surface area contributed by atoms with Gasteiger partial charge in [0.15, 0.2) is 0 Å². The van der Waals surface area contributed by atoms with E-state index in [0.29, 0.717) is 56.4 Å². The number of nitrogens with zero attached hydrogens (tertiary/aromatic N) is 2. The van der Waals surface area contributed by atoms with E-state index in [2.05, 4.69) is 27.4 Å². The van der Waals surface area contributed by atoms with Crippen LogP contribution in [0, 0.1) is 6.92 Å². The Morgan fingerprint density at radius 3 is 2.57 bits per heavy atom. The van der Waals surface area contributed by atoms with Gasteiger partial charge in [-0.15, -0.1) is 0 Å². The number of carbonyl (C=O) groups is 1. The zero-order chi connectivity index (χ0) is 26.6. The first kappa shape index (κ1) is 27.0. The molecule has 0 spiro atoms. The highest BCUT2D eigenvalue weighted by molar-refractivity contribution is 5.97.